The van der Waals surface area contributed by atoms with E-state index in [-0.39, 0.29) is 0 Å². The molecular weight excluding hydrogens is 266 g/mol. The van der Waals surface area contributed by atoms with Gasteiger partial charge < -0.3 is 5.32 Å². The van der Waals surface area contributed by atoms with E-state index in [0.29, 0.717) is 16.6 Å². The van der Waals surface area contributed by atoms with Crippen LogP contribution in [0.5, 0.6) is 0 Å². The van der Waals surface area contributed by atoms with Gasteiger partial charge in [0.2, 0.25) is 0 Å². The first-order valence-electron chi connectivity index (χ1n) is 8.06. The molecule has 0 radical (unpaired) electrons. The Morgan fingerprint density at radius 1 is 1.25 bits per heavy atom. The van der Waals surface area contributed by atoms with E-state index in [1.54, 1.807) is 0 Å². The maximum absolute atomic E-state index is 5.36. The van der Waals surface area contributed by atoms with Crippen LogP contribution in [0.1, 0.15) is 72.1 Å². The predicted molar refractivity (Wildman–Crippen MR) is 90.0 cm³/mol. The minimum Gasteiger partial charge on any atom is -0.359 e. The molecule has 20 heavy (non-hydrogen) atoms. The Hall–Kier alpha value is -0.640. The van der Waals surface area contributed by atoms with Gasteiger partial charge in [-0.3, -0.25) is 5.43 Å². The first-order chi connectivity index (χ1) is 9.44. The molecule has 0 amide bonds. The molecule has 114 valence electrons. The van der Waals surface area contributed by atoms with Gasteiger partial charge in [0.15, 0.2) is 5.11 Å². The Bertz CT molecular complexity index is 370. The normalized spacial score (nSPS) is 29.1. The molecule has 2 saturated carbocycles. The molecule has 0 bridgehead atoms. The molecule has 0 aromatic rings. The third-order valence-corrected chi connectivity index (χ3v) is 4.63. The van der Waals surface area contributed by atoms with Crippen molar-refractivity contribution in [2.75, 3.05) is 0 Å². The van der Waals surface area contributed by atoms with Crippen LogP contribution in [0.3, 0.4) is 0 Å². The van der Waals surface area contributed by atoms with Crippen molar-refractivity contribution < 1.29 is 0 Å². The molecule has 2 rings (SSSR count). The molecule has 2 aliphatic rings. The lowest BCUT2D eigenvalue weighted by Gasteiger charge is -2.34. The van der Waals surface area contributed by atoms with Crippen molar-refractivity contribution in [3.63, 3.8) is 0 Å². The lowest BCUT2D eigenvalue weighted by molar-refractivity contribution is 0.265. The first-order valence-corrected chi connectivity index (χ1v) is 8.47. The van der Waals surface area contributed by atoms with Crippen molar-refractivity contribution in [2.45, 2.75) is 78.2 Å². The standard InChI is InChI=1S/C16H29N3S/c1-12-9-14(11-16(2,3)10-12)18-19-15(20)17-13-7-5-4-6-8-13/h12-13H,4-11H2,1-3H3,(H2,17,19,20)/b18-14-/t12-/m1/s1. The largest absolute Gasteiger partial charge is 0.359 e. The summed E-state index contributed by atoms with van der Waals surface area (Å²) in [5.41, 5.74) is 4.70. The van der Waals surface area contributed by atoms with E-state index in [0.717, 1.165) is 18.8 Å². The fourth-order valence-electron chi connectivity index (χ4n) is 3.79. The minimum atomic E-state index is 0.372. The van der Waals surface area contributed by atoms with Gasteiger partial charge in [0, 0.05) is 11.8 Å². The molecule has 0 aliphatic heterocycles. The number of nitrogens with one attached hydrogen (secondary N) is 2. The summed E-state index contributed by atoms with van der Waals surface area (Å²) in [5.74, 6) is 0.721. The lowest BCUT2D eigenvalue weighted by atomic mass is 9.72. The van der Waals surface area contributed by atoms with E-state index in [4.69, 9.17) is 12.2 Å². The van der Waals surface area contributed by atoms with Crippen LogP contribution in [0.15, 0.2) is 5.10 Å². The van der Waals surface area contributed by atoms with Crippen molar-refractivity contribution in [3.05, 3.63) is 0 Å². The second kappa shape index (κ2) is 6.88. The van der Waals surface area contributed by atoms with E-state index in [1.165, 1.54) is 44.2 Å². The Morgan fingerprint density at radius 3 is 2.60 bits per heavy atom. The number of hydrogen-bond acceptors (Lipinski definition) is 2. The highest BCUT2D eigenvalue weighted by Crippen LogP contribution is 2.36. The monoisotopic (exact) mass is 295 g/mol. The van der Waals surface area contributed by atoms with Crippen LogP contribution >= 0.6 is 12.2 Å². The molecular formula is C16H29N3S. The van der Waals surface area contributed by atoms with E-state index in [2.05, 4.69) is 36.6 Å². The molecule has 0 aromatic heterocycles. The summed E-state index contributed by atoms with van der Waals surface area (Å²) in [6, 6.07) is 0.547. The van der Waals surface area contributed by atoms with Crippen molar-refractivity contribution >= 4 is 23.0 Å². The first kappa shape index (κ1) is 15.7. The molecule has 4 heteroatoms. The number of hydrazone groups is 1. The van der Waals surface area contributed by atoms with E-state index in [9.17, 15) is 0 Å². The lowest BCUT2D eigenvalue weighted by Crippen LogP contribution is -2.41. The van der Waals surface area contributed by atoms with E-state index in [1.807, 2.05) is 0 Å². The minimum absolute atomic E-state index is 0.372. The number of nitrogens with zero attached hydrogens (tertiary/aromatic N) is 1. The van der Waals surface area contributed by atoms with Crippen LogP contribution in [0.4, 0.5) is 0 Å². The summed E-state index contributed by atoms with van der Waals surface area (Å²) < 4.78 is 0. The predicted octanol–water partition coefficient (Wildman–Crippen LogP) is 3.99. The zero-order valence-electron chi connectivity index (χ0n) is 13.2. The maximum Gasteiger partial charge on any atom is 0.187 e. The van der Waals surface area contributed by atoms with Crippen LogP contribution in [-0.2, 0) is 0 Å². The Labute approximate surface area is 129 Å². The Morgan fingerprint density at radius 2 is 1.95 bits per heavy atom. The van der Waals surface area contributed by atoms with Gasteiger partial charge in [-0.25, -0.2) is 0 Å². The van der Waals surface area contributed by atoms with Gasteiger partial charge in [0.25, 0.3) is 0 Å². The molecule has 2 N–H and O–H groups in total. The molecule has 0 spiro atoms. The quantitative estimate of drug-likeness (QED) is 0.597. The third kappa shape index (κ3) is 5.04. The summed E-state index contributed by atoms with van der Waals surface area (Å²) in [5, 5.41) is 8.66. The van der Waals surface area contributed by atoms with Crippen LogP contribution in [0.2, 0.25) is 0 Å². The van der Waals surface area contributed by atoms with Gasteiger partial charge in [-0.15, -0.1) is 0 Å². The summed E-state index contributed by atoms with van der Waals surface area (Å²) in [6.45, 7) is 6.97. The average molecular weight is 295 g/mol. The third-order valence-electron chi connectivity index (χ3n) is 4.42. The number of rotatable bonds is 2. The van der Waals surface area contributed by atoms with E-state index < -0.39 is 0 Å². The van der Waals surface area contributed by atoms with Gasteiger partial charge in [0.1, 0.15) is 0 Å². The number of thiocarbonyl (C=S) groups is 1. The van der Waals surface area contributed by atoms with Crippen molar-refractivity contribution in [3.8, 4) is 0 Å². The molecule has 0 unspecified atom stereocenters. The van der Waals surface area contributed by atoms with Crippen LogP contribution in [0, 0.1) is 11.3 Å². The summed E-state index contributed by atoms with van der Waals surface area (Å²) in [4.78, 5) is 0. The van der Waals surface area contributed by atoms with E-state index >= 15 is 0 Å². The van der Waals surface area contributed by atoms with Crippen molar-refractivity contribution in [2.24, 2.45) is 16.4 Å². The fourth-order valence-corrected chi connectivity index (χ4v) is 4.01. The highest BCUT2D eigenvalue weighted by molar-refractivity contribution is 7.80. The van der Waals surface area contributed by atoms with Gasteiger partial charge in [-0.1, -0.05) is 40.0 Å². The summed E-state index contributed by atoms with van der Waals surface area (Å²) in [7, 11) is 0. The number of hydrogen-bond donors (Lipinski definition) is 2. The van der Waals surface area contributed by atoms with Crippen molar-refractivity contribution in [1.29, 1.82) is 0 Å². The maximum atomic E-state index is 5.36. The summed E-state index contributed by atoms with van der Waals surface area (Å²) >= 11 is 5.36. The van der Waals surface area contributed by atoms with Crippen LogP contribution < -0.4 is 10.7 Å². The summed E-state index contributed by atoms with van der Waals surface area (Å²) in [6.07, 6.45) is 9.95. The van der Waals surface area contributed by atoms with Crippen molar-refractivity contribution in [1.82, 2.24) is 10.7 Å². The highest BCUT2D eigenvalue weighted by atomic mass is 32.1. The second-order valence-corrected chi connectivity index (χ2v) is 7.86. The molecule has 2 aliphatic carbocycles. The molecule has 0 aromatic carbocycles. The molecule has 3 nitrogen and oxygen atoms in total. The smallest absolute Gasteiger partial charge is 0.187 e. The highest BCUT2D eigenvalue weighted by Gasteiger charge is 2.29. The van der Waals surface area contributed by atoms with Crippen LogP contribution in [-0.4, -0.2) is 16.9 Å². The van der Waals surface area contributed by atoms with Gasteiger partial charge in [-0.2, -0.15) is 5.10 Å². The Balaban J connectivity index is 1.80. The van der Waals surface area contributed by atoms with Gasteiger partial charge in [-0.05, 0) is 55.7 Å². The second-order valence-electron chi connectivity index (χ2n) is 7.45. The molecule has 0 saturated heterocycles. The van der Waals surface area contributed by atoms with Crippen LogP contribution in [0.25, 0.3) is 0 Å². The average Bonchev–Trinajstić information content (AvgIpc) is 2.35. The fraction of sp³-hybridized carbons (Fsp3) is 0.875. The SMILES string of the molecule is C[C@@H]1C/C(=N/NC(=S)NC2CCCCC2)CC(C)(C)C1. The topological polar surface area (TPSA) is 36.4 Å². The molecule has 1 atom stereocenters. The zero-order chi connectivity index (χ0) is 14.6. The van der Waals surface area contributed by atoms with Gasteiger partial charge in [0.05, 0.1) is 0 Å². The molecule has 0 heterocycles. The molecule has 2 fully saturated rings. The van der Waals surface area contributed by atoms with Gasteiger partial charge >= 0.3 is 0 Å². The Kier molecular flexibility index (Phi) is 5.42. The zero-order valence-corrected chi connectivity index (χ0v) is 14.0.